The molecule has 4 aromatic rings. The van der Waals surface area contributed by atoms with Gasteiger partial charge in [-0.3, -0.25) is 9.78 Å². The second kappa shape index (κ2) is 6.57. The van der Waals surface area contributed by atoms with Gasteiger partial charge in [0, 0.05) is 41.6 Å². The maximum Gasteiger partial charge on any atom is 0.270 e. The third kappa shape index (κ3) is 3.26. The van der Waals surface area contributed by atoms with E-state index < -0.39 is 0 Å². The Kier molecular flexibility index (Phi) is 3.96. The molecule has 1 aromatic carbocycles. The molecule has 0 aliphatic rings. The number of hydrogen-bond acceptors (Lipinski definition) is 3. The first-order chi connectivity index (χ1) is 12.3. The van der Waals surface area contributed by atoms with Crippen LogP contribution in [0.1, 0.15) is 16.1 Å². The number of nitrogens with one attached hydrogen (secondary N) is 2. The number of carbonyl (C=O) groups excluding carboxylic acids is 1. The Morgan fingerprint density at radius 2 is 2.04 bits per heavy atom. The number of aromatic nitrogens is 3. The standard InChI is InChI=1S/C20H16N4O/c25-20(23-13-14-3-2-9-21-12-14)19-5-1-4-18(24-19)15-6-7-17-16(11-15)8-10-22-17/h1-12,22H,13H2,(H,23,25). The number of pyridine rings is 2. The molecule has 5 nitrogen and oxygen atoms in total. The van der Waals surface area contributed by atoms with Crippen molar-refractivity contribution in [2.24, 2.45) is 0 Å². The molecule has 0 aliphatic carbocycles. The van der Waals surface area contributed by atoms with Crippen LogP contribution in [-0.2, 0) is 6.54 Å². The molecule has 0 atom stereocenters. The number of fused-ring (bicyclic) bond motifs is 1. The molecule has 0 unspecified atom stereocenters. The molecule has 5 heteroatoms. The van der Waals surface area contributed by atoms with Crippen molar-refractivity contribution >= 4 is 16.8 Å². The Balaban J connectivity index is 1.55. The summed E-state index contributed by atoms with van der Waals surface area (Å²) in [5, 5.41) is 3.99. The third-order valence-corrected chi connectivity index (χ3v) is 4.01. The van der Waals surface area contributed by atoms with Crippen LogP contribution >= 0.6 is 0 Å². The molecule has 0 aliphatic heterocycles. The summed E-state index contributed by atoms with van der Waals surface area (Å²) in [5.74, 6) is -0.201. The van der Waals surface area contributed by atoms with E-state index in [1.165, 1.54) is 0 Å². The minimum atomic E-state index is -0.201. The van der Waals surface area contributed by atoms with E-state index in [-0.39, 0.29) is 5.91 Å². The van der Waals surface area contributed by atoms with Crippen LogP contribution in [0.5, 0.6) is 0 Å². The van der Waals surface area contributed by atoms with Gasteiger partial charge in [-0.2, -0.15) is 0 Å². The normalized spacial score (nSPS) is 10.7. The van der Waals surface area contributed by atoms with Gasteiger partial charge in [0.05, 0.1) is 5.69 Å². The van der Waals surface area contributed by atoms with Crippen LogP contribution in [-0.4, -0.2) is 20.9 Å². The highest BCUT2D eigenvalue weighted by atomic mass is 16.1. The fourth-order valence-corrected chi connectivity index (χ4v) is 2.71. The molecule has 0 saturated heterocycles. The van der Waals surface area contributed by atoms with Crippen molar-refractivity contribution in [1.29, 1.82) is 0 Å². The van der Waals surface area contributed by atoms with Crippen LogP contribution in [0.4, 0.5) is 0 Å². The minimum Gasteiger partial charge on any atom is -0.361 e. The van der Waals surface area contributed by atoms with Crippen molar-refractivity contribution in [3.63, 3.8) is 0 Å². The Labute approximate surface area is 144 Å². The molecule has 0 fully saturated rings. The second-order valence-corrected chi connectivity index (χ2v) is 5.73. The maximum absolute atomic E-state index is 12.4. The lowest BCUT2D eigenvalue weighted by Crippen LogP contribution is -2.23. The number of rotatable bonds is 4. The van der Waals surface area contributed by atoms with E-state index in [9.17, 15) is 4.79 Å². The van der Waals surface area contributed by atoms with E-state index in [1.807, 2.05) is 48.7 Å². The molecule has 25 heavy (non-hydrogen) atoms. The highest BCUT2D eigenvalue weighted by Crippen LogP contribution is 2.22. The van der Waals surface area contributed by atoms with E-state index in [0.29, 0.717) is 12.2 Å². The summed E-state index contributed by atoms with van der Waals surface area (Å²) in [6.07, 6.45) is 5.35. The molecule has 3 aromatic heterocycles. The number of aromatic amines is 1. The van der Waals surface area contributed by atoms with Crippen molar-refractivity contribution in [1.82, 2.24) is 20.3 Å². The molecule has 0 spiro atoms. The summed E-state index contributed by atoms with van der Waals surface area (Å²) in [5.41, 5.74) is 4.18. The van der Waals surface area contributed by atoms with Gasteiger partial charge in [0.25, 0.3) is 5.91 Å². The quantitative estimate of drug-likeness (QED) is 0.602. The molecule has 4 rings (SSSR count). The van der Waals surface area contributed by atoms with Gasteiger partial charge < -0.3 is 10.3 Å². The number of benzene rings is 1. The number of carbonyl (C=O) groups is 1. The molecule has 1 amide bonds. The van der Waals surface area contributed by atoms with Crippen molar-refractivity contribution in [2.75, 3.05) is 0 Å². The summed E-state index contributed by atoms with van der Waals surface area (Å²) in [4.78, 5) is 24.1. The number of nitrogens with zero attached hydrogens (tertiary/aromatic N) is 2. The van der Waals surface area contributed by atoms with Crippen LogP contribution in [0.2, 0.25) is 0 Å². The van der Waals surface area contributed by atoms with Gasteiger partial charge in [-0.05, 0) is 42.0 Å². The zero-order valence-electron chi connectivity index (χ0n) is 13.4. The summed E-state index contributed by atoms with van der Waals surface area (Å²) >= 11 is 0. The van der Waals surface area contributed by atoms with Gasteiger partial charge >= 0.3 is 0 Å². The van der Waals surface area contributed by atoms with Crippen LogP contribution in [0.3, 0.4) is 0 Å². The third-order valence-electron chi connectivity index (χ3n) is 4.01. The second-order valence-electron chi connectivity index (χ2n) is 5.73. The summed E-state index contributed by atoms with van der Waals surface area (Å²) in [6.45, 7) is 0.424. The molecule has 122 valence electrons. The van der Waals surface area contributed by atoms with Crippen LogP contribution in [0.15, 0.2) is 73.2 Å². The fraction of sp³-hybridized carbons (Fsp3) is 0.0500. The van der Waals surface area contributed by atoms with E-state index >= 15 is 0 Å². The van der Waals surface area contributed by atoms with Gasteiger partial charge in [0.15, 0.2) is 0 Å². The van der Waals surface area contributed by atoms with Crippen LogP contribution in [0.25, 0.3) is 22.2 Å². The molecule has 0 bridgehead atoms. The van der Waals surface area contributed by atoms with E-state index in [2.05, 4.69) is 26.3 Å². The predicted octanol–water partition coefficient (Wildman–Crippen LogP) is 3.55. The lowest BCUT2D eigenvalue weighted by Gasteiger charge is -2.07. The summed E-state index contributed by atoms with van der Waals surface area (Å²) < 4.78 is 0. The average molecular weight is 328 g/mol. The maximum atomic E-state index is 12.4. The smallest absolute Gasteiger partial charge is 0.270 e. The molecule has 3 heterocycles. The van der Waals surface area contributed by atoms with Gasteiger partial charge in [-0.1, -0.05) is 18.2 Å². The Hall–Kier alpha value is -3.47. The fourth-order valence-electron chi connectivity index (χ4n) is 2.71. The van der Waals surface area contributed by atoms with Gasteiger partial charge in [0.2, 0.25) is 0 Å². The largest absolute Gasteiger partial charge is 0.361 e. The lowest BCUT2D eigenvalue weighted by atomic mass is 10.1. The molecule has 0 radical (unpaired) electrons. The van der Waals surface area contributed by atoms with E-state index in [1.54, 1.807) is 18.5 Å². The average Bonchev–Trinajstić information content (AvgIpc) is 3.15. The van der Waals surface area contributed by atoms with Crippen molar-refractivity contribution in [2.45, 2.75) is 6.54 Å². The Morgan fingerprint density at radius 3 is 2.92 bits per heavy atom. The molecular weight excluding hydrogens is 312 g/mol. The molecule has 2 N–H and O–H groups in total. The zero-order chi connectivity index (χ0) is 17.1. The van der Waals surface area contributed by atoms with Crippen LogP contribution < -0.4 is 5.32 Å². The van der Waals surface area contributed by atoms with E-state index in [4.69, 9.17) is 0 Å². The predicted molar refractivity (Wildman–Crippen MR) is 96.9 cm³/mol. The highest BCUT2D eigenvalue weighted by molar-refractivity contribution is 5.93. The zero-order valence-corrected chi connectivity index (χ0v) is 13.4. The summed E-state index contributed by atoms with van der Waals surface area (Å²) in [6, 6.07) is 17.3. The first-order valence-electron chi connectivity index (χ1n) is 8.01. The first kappa shape index (κ1) is 15.1. The topological polar surface area (TPSA) is 70.7 Å². The van der Waals surface area contributed by atoms with Crippen molar-refractivity contribution in [3.8, 4) is 11.3 Å². The SMILES string of the molecule is O=C(NCc1cccnc1)c1cccc(-c2ccc3[nH]ccc3c2)n1. The Bertz CT molecular complexity index is 1020. The molecule has 0 saturated carbocycles. The monoisotopic (exact) mass is 328 g/mol. The van der Waals surface area contributed by atoms with Gasteiger partial charge in [-0.15, -0.1) is 0 Å². The number of hydrogen-bond donors (Lipinski definition) is 2. The van der Waals surface area contributed by atoms with E-state index in [0.717, 1.165) is 27.7 Å². The van der Waals surface area contributed by atoms with Crippen molar-refractivity contribution in [3.05, 3.63) is 84.4 Å². The van der Waals surface area contributed by atoms with Gasteiger partial charge in [0.1, 0.15) is 5.69 Å². The first-order valence-corrected chi connectivity index (χ1v) is 8.01. The number of H-pyrrole nitrogens is 1. The summed E-state index contributed by atoms with van der Waals surface area (Å²) in [7, 11) is 0. The van der Waals surface area contributed by atoms with Gasteiger partial charge in [-0.25, -0.2) is 4.98 Å². The molecular formula is C20H16N4O. The number of amides is 1. The lowest BCUT2D eigenvalue weighted by molar-refractivity contribution is 0.0946. The van der Waals surface area contributed by atoms with Crippen molar-refractivity contribution < 1.29 is 4.79 Å². The minimum absolute atomic E-state index is 0.201. The Morgan fingerprint density at radius 1 is 1.08 bits per heavy atom. The van der Waals surface area contributed by atoms with Crippen LogP contribution in [0, 0.1) is 0 Å². The highest BCUT2D eigenvalue weighted by Gasteiger charge is 2.09.